The van der Waals surface area contributed by atoms with Crippen molar-refractivity contribution in [2.45, 2.75) is 12.5 Å². The molecule has 38 heavy (non-hydrogen) atoms. The van der Waals surface area contributed by atoms with E-state index in [0.717, 1.165) is 27.9 Å². The fourth-order valence-corrected chi connectivity index (χ4v) is 4.65. The lowest BCUT2D eigenvalue weighted by Crippen LogP contribution is -2.38. The van der Waals surface area contributed by atoms with Crippen molar-refractivity contribution >= 4 is 23.3 Å². The normalized spacial score (nSPS) is 14.9. The summed E-state index contributed by atoms with van der Waals surface area (Å²) in [5, 5.41) is 7.19. The third-order valence-electron chi connectivity index (χ3n) is 6.86. The minimum Gasteiger partial charge on any atom is -0.383 e. The summed E-state index contributed by atoms with van der Waals surface area (Å²) in [5.41, 5.74) is 11.9. The maximum Gasteiger partial charge on any atom is 0.255 e. The van der Waals surface area contributed by atoms with Gasteiger partial charge in [-0.1, -0.05) is 24.3 Å². The number of carbonyl (C=O) groups is 2. The molecule has 9 heteroatoms. The van der Waals surface area contributed by atoms with Crippen molar-refractivity contribution in [2.24, 2.45) is 7.05 Å². The van der Waals surface area contributed by atoms with E-state index in [1.807, 2.05) is 51.6 Å². The molecule has 1 aliphatic rings. The number of pyridine rings is 1. The monoisotopic (exact) mass is 509 g/mol. The highest BCUT2D eigenvalue weighted by molar-refractivity contribution is 6.00. The zero-order valence-corrected chi connectivity index (χ0v) is 21.8. The van der Waals surface area contributed by atoms with Gasteiger partial charge in [-0.2, -0.15) is 5.10 Å². The van der Waals surface area contributed by atoms with Crippen molar-refractivity contribution in [3.63, 3.8) is 0 Å². The largest absolute Gasteiger partial charge is 0.383 e. The summed E-state index contributed by atoms with van der Waals surface area (Å²) in [5.74, 6) is -0.182. The summed E-state index contributed by atoms with van der Waals surface area (Å²) in [6, 6.07) is 17.5. The lowest BCUT2D eigenvalue weighted by molar-refractivity contribution is 0.0783. The van der Waals surface area contributed by atoms with Crippen molar-refractivity contribution in [2.75, 3.05) is 37.8 Å². The van der Waals surface area contributed by atoms with Crippen LogP contribution in [0.3, 0.4) is 0 Å². The highest BCUT2D eigenvalue weighted by Gasteiger charge is 2.29. The van der Waals surface area contributed by atoms with Gasteiger partial charge in [-0.05, 0) is 47.9 Å². The molecule has 1 atom stereocenters. The van der Waals surface area contributed by atoms with E-state index in [-0.39, 0.29) is 23.7 Å². The van der Waals surface area contributed by atoms with Gasteiger partial charge in [0, 0.05) is 75.0 Å². The van der Waals surface area contributed by atoms with Crippen molar-refractivity contribution in [1.82, 2.24) is 25.0 Å². The SMILES string of the molecule is CN(C)c1ccc(-c2ccc(C(=O)N3CC[C@@H](NC(=O)c4cc(-c5cnn(C)c5)cnc4N)C3)cc2)cc1. The van der Waals surface area contributed by atoms with Gasteiger partial charge in [-0.3, -0.25) is 14.3 Å². The molecule has 1 saturated heterocycles. The second-order valence-corrected chi connectivity index (χ2v) is 9.79. The van der Waals surface area contributed by atoms with Gasteiger partial charge in [-0.15, -0.1) is 0 Å². The predicted molar refractivity (Wildman–Crippen MR) is 149 cm³/mol. The van der Waals surface area contributed by atoms with Crippen LogP contribution in [0.4, 0.5) is 11.5 Å². The third-order valence-corrected chi connectivity index (χ3v) is 6.86. The number of hydrogen-bond donors (Lipinski definition) is 2. The van der Waals surface area contributed by atoms with Gasteiger partial charge in [0.1, 0.15) is 5.82 Å². The molecule has 9 nitrogen and oxygen atoms in total. The van der Waals surface area contributed by atoms with Crippen LogP contribution < -0.4 is 16.0 Å². The molecular formula is C29H31N7O2. The molecule has 0 unspecified atom stereocenters. The molecule has 3 N–H and O–H groups in total. The molecule has 4 aromatic rings. The lowest BCUT2D eigenvalue weighted by Gasteiger charge is -2.18. The fraction of sp³-hybridized carbons (Fsp3) is 0.241. The number of aryl methyl sites for hydroxylation is 1. The summed E-state index contributed by atoms with van der Waals surface area (Å²) in [6.45, 7) is 1.01. The van der Waals surface area contributed by atoms with Gasteiger partial charge in [0.15, 0.2) is 0 Å². The van der Waals surface area contributed by atoms with Gasteiger partial charge in [-0.25, -0.2) is 4.98 Å². The zero-order chi connectivity index (χ0) is 26.8. The van der Waals surface area contributed by atoms with Crippen molar-refractivity contribution in [3.05, 3.63) is 84.3 Å². The minimum atomic E-state index is -0.301. The molecule has 2 aromatic carbocycles. The number of amides is 2. The zero-order valence-electron chi connectivity index (χ0n) is 21.8. The van der Waals surface area contributed by atoms with Crippen LogP contribution in [0.25, 0.3) is 22.3 Å². The number of anilines is 2. The van der Waals surface area contributed by atoms with Gasteiger partial charge >= 0.3 is 0 Å². The van der Waals surface area contributed by atoms with E-state index in [4.69, 9.17) is 5.73 Å². The summed E-state index contributed by atoms with van der Waals surface area (Å²) in [4.78, 5) is 34.2. The number of rotatable bonds is 6. The number of nitrogen functional groups attached to an aromatic ring is 1. The first-order chi connectivity index (χ1) is 18.3. The van der Waals surface area contributed by atoms with E-state index < -0.39 is 0 Å². The van der Waals surface area contributed by atoms with Crippen molar-refractivity contribution in [1.29, 1.82) is 0 Å². The summed E-state index contributed by atoms with van der Waals surface area (Å²) >= 11 is 0. The van der Waals surface area contributed by atoms with Crippen LogP contribution in [0.2, 0.25) is 0 Å². The molecule has 3 heterocycles. The van der Waals surface area contributed by atoms with Crippen LogP contribution in [-0.2, 0) is 7.05 Å². The Balaban J connectivity index is 1.21. The first kappa shape index (κ1) is 25.0. The number of benzene rings is 2. The lowest BCUT2D eigenvalue weighted by atomic mass is 10.0. The second kappa shape index (κ2) is 10.4. The second-order valence-electron chi connectivity index (χ2n) is 9.79. The average Bonchev–Trinajstić information content (AvgIpc) is 3.58. The van der Waals surface area contributed by atoms with Crippen LogP contribution >= 0.6 is 0 Å². The third kappa shape index (κ3) is 5.22. The van der Waals surface area contributed by atoms with Gasteiger partial charge in [0.2, 0.25) is 0 Å². The van der Waals surface area contributed by atoms with Crippen molar-refractivity contribution in [3.8, 4) is 22.3 Å². The van der Waals surface area contributed by atoms with Crippen LogP contribution in [0.5, 0.6) is 0 Å². The van der Waals surface area contributed by atoms with Crippen LogP contribution in [0.1, 0.15) is 27.1 Å². The summed E-state index contributed by atoms with van der Waals surface area (Å²) in [7, 11) is 5.85. The van der Waals surface area contributed by atoms with E-state index in [0.29, 0.717) is 30.6 Å². The topological polar surface area (TPSA) is 109 Å². The smallest absolute Gasteiger partial charge is 0.255 e. The Kier molecular flexibility index (Phi) is 6.83. The molecular weight excluding hydrogens is 478 g/mol. The first-order valence-electron chi connectivity index (χ1n) is 12.5. The molecule has 194 valence electrons. The number of nitrogens with one attached hydrogen (secondary N) is 1. The summed E-state index contributed by atoms with van der Waals surface area (Å²) in [6.07, 6.45) is 5.86. The van der Waals surface area contributed by atoms with Crippen molar-refractivity contribution < 1.29 is 9.59 Å². The fourth-order valence-electron chi connectivity index (χ4n) is 4.65. The average molecular weight is 510 g/mol. The highest BCUT2D eigenvalue weighted by atomic mass is 16.2. The minimum absolute atomic E-state index is 0.0454. The Morgan fingerprint density at radius 3 is 2.29 bits per heavy atom. The number of nitrogens with zero attached hydrogens (tertiary/aromatic N) is 5. The maximum atomic E-state index is 13.1. The van der Waals surface area contributed by atoms with E-state index in [1.54, 1.807) is 28.0 Å². The Morgan fingerprint density at radius 1 is 0.974 bits per heavy atom. The number of aromatic nitrogens is 3. The Labute approximate surface area is 221 Å². The van der Waals surface area contributed by atoms with Gasteiger partial charge in [0.05, 0.1) is 11.8 Å². The maximum absolute atomic E-state index is 13.1. The number of nitrogens with two attached hydrogens (primary N) is 1. The molecule has 0 aliphatic carbocycles. The van der Waals surface area contributed by atoms with E-state index >= 15 is 0 Å². The number of hydrogen-bond acceptors (Lipinski definition) is 6. The Bertz CT molecular complexity index is 1460. The quantitative estimate of drug-likeness (QED) is 0.412. The predicted octanol–water partition coefficient (Wildman–Crippen LogP) is 3.44. The number of likely N-dealkylation sites (tertiary alicyclic amines) is 1. The molecule has 2 aromatic heterocycles. The van der Waals surface area contributed by atoms with E-state index in [1.165, 1.54) is 0 Å². The van der Waals surface area contributed by atoms with E-state index in [2.05, 4.69) is 44.6 Å². The molecule has 1 fully saturated rings. The molecule has 0 radical (unpaired) electrons. The molecule has 0 bridgehead atoms. The van der Waals surface area contributed by atoms with Crippen LogP contribution in [0.15, 0.2) is 73.2 Å². The van der Waals surface area contributed by atoms with Crippen LogP contribution in [0, 0.1) is 0 Å². The molecule has 5 rings (SSSR count). The Morgan fingerprint density at radius 2 is 1.66 bits per heavy atom. The molecule has 0 spiro atoms. The first-order valence-corrected chi connectivity index (χ1v) is 12.5. The van der Waals surface area contributed by atoms with Crippen LogP contribution in [-0.4, -0.2) is 64.7 Å². The summed E-state index contributed by atoms with van der Waals surface area (Å²) < 4.78 is 1.69. The molecule has 2 amide bonds. The number of carbonyl (C=O) groups excluding carboxylic acids is 2. The highest BCUT2D eigenvalue weighted by Crippen LogP contribution is 2.25. The van der Waals surface area contributed by atoms with Gasteiger partial charge < -0.3 is 20.9 Å². The van der Waals surface area contributed by atoms with E-state index in [9.17, 15) is 9.59 Å². The Hall–Kier alpha value is -4.66. The molecule has 0 saturated carbocycles. The van der Waals surface area contributed by atoms with Gasteiger partial charge in [0.25, 0.3) is 11.8 Å². The standard InChI is InChI=1S/C29H31N7O2/c1-34(2)25-10-8-20(9-11-25)19-4-6-21(7-5-19)29(38)36-13-12-24(18-36)33-28(37)26-14-22(15-31-27(26)30)23-16-32-35(3)17-23/h4-11,14-17,24H,12-13,18H2,1-3H3,(H2,30,31)(H,33,37)/t24-/m1/s1. The molecule has 1 aliphatic heterocycles.